The van der Waals surface area contributed by atoms with Crippen LogP contribution in [0.1, 0.15) is 29.5 Å². The highest BCUT2D eigenvalue weighted by molar-refractivity contribution is 5.71. The van der Waals surface area contributed by atoms with E-state index >= 15 is 0 Å². The van der Waals surface area contributed by atoms with E-state index in [9.17, 15) is 9.59 Å². The number of nitrogens with one attached hydrogen (secondary N) is 1. The van der Waals surface area contributed by atoms with Crippen LogP contribution < -0.4 is 5.32 Å². The summed E-state index contributed by atoms with van der Waals surface area (Å²) >= 11 is 0. The van der Waals surface area contributed by atoms with Crippen LogP contribution in [0.5, 0.6) is 0 Å². The Balaban J connectivity index is 1.94. The Morgan fingerprint density at radius 2 is 1.95 bits per heavy atom. The maximum Gasteiger partial charge on any atom is 0.408 e. The van der Waals surface area contributed by atoms with Crippen LogP contribution in [-0.4, -0.2) is 17.2 Å². The Morgan fingerprint density at radius 1 is 1.23 bits per heavy atom. The number of hydrogen-bond acceptors (Lipinski definition) is 4. The largest absolute Gasteiger partial charge is 0.481 e. The van der Waals surface area contributed by atoms with Crippen molar-refractivity contribution < 1.29 is 23.8 Å². The van der Waals surface area contributed by atoms with E-state index < -0.39 is 18.1 Å². The second-order valence-electron chi connectivity index (χ2n) is 4.80. The van der Waals surface area contributed by atoms with Gasteiger partial charge >= 0.3 is 12.1 Å². The first kappa shape index (κ1) is 15.6. The quantitative estimate of drug-likeness (QED) is 0.856. The van der Waals surface area contributed by atoms with Gasteiger partial charge in [-0.25, -0.2) is 4.79 Å². The molecular formula is C16H17NO5. The standard InChI is InChI=1S/C16H17NO5/c1-11-7-8-14(22-11)13(9-15(18)19)17-16(20)21-10-12-5-3-2-4-6-12/h2-8,13H,9-10H2,1H3,(H,17,20)(H,18,19). The number of aryl methyl sites for hydroxylation is 1. The number of carboxylic acids is 1. The number of carboxylic acid groups (broad SMARTS) is 1. The van der Waals surface area contributed by atoms with Crippen molar-refractivity contribution in [2.45, 2.75) is 26.0 Å². The highest BCUT2D eigenvalue weighted by atomic mass is 16.5. The Bertz CT molecular complexity index is 635. The van der Waals surface area contributed by atoms with Gasteiger partial charge in [0.25, 0.3) is 0 Å². The van der Waals surface area contributed by atoms with Gasteiger partial charge in [0, 0.05) is 0 Å². The maximum absolute atomic E-state index is 11.8. The topological polar surface area (TPSA) is 88.8 Å². The van der Waals surface area contributed by atoms with E-state index in [0.29, 0.717) is 11.5 Å². The normalized spacial score (nSPS) is 11.7. The van der Waals surface area contributed by atoms with Gasteiger partial charge < -0.3 is 19.6 Å². The van der Waals surface area contributed by atoms with Crippen LogP contribution in [0.15, 0.2) is 46.9 Å². The lowest BCUT2D eigenvalue weighted by atomic mass is 10.1. The molecule has 1 unspecified atom stereocenters. The predicted octanol–water partition coefficient (Wildman–Crippen LogP) is 3.03. The molecule has 6 heteroatoms. The van der Waals surface area contributed by atoms with Crippen LogP contribution in [0.2, 0.25) is 0 Å². The molecule has 116 valence electrons. The molecule has 1 heterocycles. The molecule has 2 rings (SSSR count). The summed E-state index contributed by atoms with van der Waals surface area (Å²) in [6.07, 6.45) is -0.975. The fourth-order valence-electron chi connectivity index (χ4n) is 1.95. The van der Waals surface area contributed by atoms with Crippen LogP contribution >= 0.6 is 0 Å². The number of carbonyl (C=O) groups is 2. The molecule has 0 bridgehead atoms. The third-order valence-electron chi connectivity index (χ3n) is 2.99. The monoisotopic (exact) mass is 303 g/mol. The lowest BCUT2D eigenvalue weighted by molar-refractivity contribution is -0.137. The van der Waals surface area contributed by atoms with Crippen molar-refractivity contribution in [3.05, 3.63) is 59.5 Å². The van der Waals surface area contributed by atoms with E-state index in [1.807, 2.05) is 30.3 Å². The van der Waals surface area contributed by atoms with Crippen LogP contribution in [0.25, 0.3) is 0 Å². The molecule has 2 N–H and O–H groups in total. The lowest BCUT2D eigenvalue weighted by Gasteiger charge is -2.14. The minimum absolute atomic E-state index is 0.115. The average Bonchev–Trinajstić information content (AvgIpc) is 2.92. The summed E-state index contributed by atoms with van der Waals surface area (Å²) in [5, 5.41) is 11.5. The van der Waals surface area contributed by atoms with Gasteiger partial charge in [-0.1, -0.05) is 30.3 Å². The summed E-state index contributed by atoms with van der Waals surface area (Å²) in [5.74, 6) is -0.0104. The van der Waals surface area contributed by atoms with Gasteiger partial charge in [-0.15, -0.1) is 0 Å². The molecule has 1 aromatic carbocycles. The number of ether oxygens (including phenoxy) is 1. The molecule has 0 aliphatic carbocycles. The zero-order valence-electron chi connectivity index (χ0n) is 12.1. The van der Waals surface area contributed by atoms with Gasteiger partial charge in [0.05, 0.1) is 6.42 Å². The van der Waals surface area contributed by atoms with E-state index in [1.165, 1.54) is 0 Å². The zero-order chi connectivity index (χ0) is 15.9. The molecule has 0 radical (unpaired) electrons. The molecule has 0 saturated carbocycles. The first-order valence-corrected chi connectivity index (χ1v) is 6.80. The Morgan fingerprint density at radius 3 is 2.55 bits per heavy atom. The Hall–Kier alpha value is -2.76. The number of furan rings is 1. The molecule has 1 amide bonds. The first-order chi connectivity index (χ1) is 10.5. The van der Waals surface area contributed by atoms with Crippen molar-refractivity contribution >= 4 is 12.1 Å². The van der Waals surface area contributed by atoms with Crippen LogP contribution in [0, 0.1) is 6.92 Å². The predicted molar refractivity (Wildman–Crippen MR) is 78.2 cm³/mol. The number of aliphatic carboxylic acids is 1. The van der Waals surface area contributed by atoms with Gasteiger partial charge in [0.15, 0.2) is 0 Å². The van der Waals surface area contributed by atoms with Crippen molar-refractivity contribution in [2.24, 2.45) is 0 Å². The second kappa shape index (κ2) is 7.31. The number of benzene rings is 1. The summed E-state index contributed by atoms with van der Waals surface area (Å²) in [4.78, 5) is 22.7. The Labute approximate surface area is 127 Å². The number of carbonyl (C=O) groups excluding carboxylic acids is 1. The van der Waals surface area contributed by atoms with Crippen LogP contribution in [0.3, 0.4) is 0 Å². The van der Waals surface area contributed by atoms with Crippen LogP contribution in [-0.2, 0) is 16.1 Å². The molecule has 0 aliphatic heterocycles. The van der Waals surface area contributed by atoms with Gasteiger partial charge in [-0.05, 0) is 24.6 Å². The maximum atomic E-state index is 11.8. The molecule has 0 saturated heterocycles. The molecule has 0 aliphatic rings. The number of hydrogen-bond donors (Lipinski definition) is 2. The van der Waals surface area contributed by atoms with Gasteiger partial charge in [0.2, 0.25) is 0 Å². The molecule has 22 heavy (non-hydrogen) atoms. The number of rotatable bonds is 6. The van der Waals surface area contributed by atoms with E-state index in [2.05, 4.69) is 5.32 Å². The third-order valence-corrected chi connectivity index (χ3v) is 2.99. The fraction of sp³-hybridized carbons (Fsp3) is 0.250. The van der Waals surface area contributed by atoms with Crippen molar-refractivity contribution in [1.82, 2.24) is 5.32 Å². The zero-order valence-corrected chi connectivity index (χ0v) is 12.1. The summed E-state index contributed by atoms with van der Waals surface area (Å²) < 4.78 is 10.5. The molecule has 1 atom stereocenters. The molecular weight excluding hydrogens is 286 g/mol. The van der Waals surface area contributed by atoms with Gasteiger partial charge in [0.1, 0.15) is 24.2 Å². The van der Waals surface area contributed by atoms with Crippen LogP contribution in [0.4, 0.5) is 4.79 Å². The van der Waals surface area contributed by atoms with Gasteiger partial charge in [-0.3, -0.25) is 4.79 Å². The minimum Gasteiger partial charge on any atom is -0.481 e. The molecule has 1 aromatic heterocycles. The van der Waals surface area contributed by atoms with E-state index in [-0.39, 0.29) is 13.0 Å². The average molecular weight is 303 g/mol. The van der Waals surface area contributed by atoms with Gasteiger partial charge in [-0.2, -0.15) is 0 Å². The molecule has 0 spiro atoms. The molecule has 2 aromatic rings. The molecule has 6 nitrogen and oxygen atoms in total. The number of alkyl carbamates (subject to hydrolysis) is 1. The number of amides is 1. The minimum atomic E-state index is -1.04. The summed E-state index contributed by atoms with van der Waals surface area (Å²) in [7, 11) is 0. The second-order valence-corrected chi connectivity index (χ2v) is 4.80. The smallest absolute Gasteiger partial charge is 0.408 e. The van der Waals surface area contributed by atoms with E-state index in [1.54, 1.807) is 19.1 Å². The summed E-state index contributed by atoms with van der Waals surface area (Å²) in [6.45, 7) is 1.86. The van der Waals surface area contributed by atoms with Crippen molar-refractivity contribution in [3.8, 4) is 0 Å². The SMILES string of the molecule is Cc1ccc(C(CC(=O)O)NC(=O)OCc2ccccc2)o1. The highest BCUT2D eigenvalue weighted by Gasteiger charge is 2.21. The van der Waals surface area contributed by atoms with Crippen molar-refractivity contribution in [3.63, 3.8) is 0 Å². The third kappa shape index (κ3) is 4.66. The van der Waals surface area contributed by atoms with E-state index in [4.69, 9.17) is 14.3 Å². The van der Waals surface area contributed by atoms with E-state index in [0.717, 1.165) is 5.56 Å². The first-order valence-electron chi connectivity index (χ1n) is 6.80. The molecule has 0 fully saturated rings. The lowest BCUT2D eigenvalue weighted by Crippen LogP contribution is -2.30. The Kier molecular flexibility index (Phi) is 5.19. The summed E-state index contributed by atoms with van der Waals surface area (Å²) in [5.41, 5.74) is 0.848. The van der Waals surface area contributed by atoms with Crippen molar-refractivity contribution in [1.29, 1.82) is 0 Å². The highest BCUT2D eigenvalue weighted by Crippen LogP contribution is 2.19. The fourth-order valence-corrected chi connectivity index (χ4v) is 1.95. The van der Waals surface area contributed by atoms with Crippen molar-refractivity contribution in [2.75, 3.05) is 0 Å². The summed E-state index contributed by atoms with van der Waals surface area (Å²) in [6, 6.07) is 11.8.